The zero-order valence-corrected chi connectivity index (χ0v) is 32.5. The summed E-state index contributed by atoms with van der Waals surface area (Å²) in [5.41, 5.74) is 2.99. The maximum atomic E-state index is 6.13. The van der Waals surface area contributed by atoms with E-state index in [9.17, 15) is 0 Å². The summed E-state index contributed by atoms with van der Waals surface area (Å²) in [5.74, 6) is 1.88. The first kappa shape index (κ1) is 35.2. The second-order valence-electron chi connectivity index (χ2n) is 18.3. The van der Waals surface area contributed by atoms with Gasteiger partial charge in [-0.3, -0.25) is 9.49 Å². The van der Waals surface area contributed by atoms with Gasteiger partial charge in [0.15, 0.2) is 7.51 Å². The van der Waals surface area contributed by atoms with Gasteiger partial charge in [0.25, 0.3) is 0 Å². The lowest BCUT2D eigenvalue weighted by molar-refractivity contribution is 0.185. The molecule has 6 fully saturated rings. The number of piperidine rings is 3. The third-order valence-corrected chi connectivity index (χ3v) is 23.0. The lowest BCUT2D eigenvalue weighted by Crippen LogP contribution is -2.48. The van der Waals surface area contributed by atoms with Gasteiger partial charge < -0.3 is 0 Å². The van der Waals surface area contributed by atoms with E-state index in [-0.39, 0.29) is 11.1 Å². The Labute approximate surface area is 280 Å². The summed E-state index contributed by atoms with van der Waals surface area (Å²) in [6.45, 7) is 22.1. The van der Waals surface area contributed by atoms with Gasteiger partial charge in [-0.2, -0.15) is 0 Å². The molecular weight excluding hydrogens is 588 g/mol. The van der Waals surface area contributed by atoms with Crippen molar-refractivity contribution in [3.63, 3.8) is 0 Å². The van der Waals surface area contributed by atoms with Crippen LogP contribution < -0.4 is 0 Å². The van der Waals surface area contributed by atoms with Crippen LogP contribution in [0.4, 0.5) is 0 Å². The highest BCUT2D eigenvalue weighted by Crippen LogP contribution is 2.73. The molecule has 0 spiro atoms. The Balaban J connectivity index is 1.23. The van der Waals surface area contributed by atoms with E-state index in [1.54, 1.807) is 0 Å². The van der Waals surface area contributed by atoms with Crippen molar-refractivity contribution in [3.8, 4) is 0 Å². The first-order valence-electron chi connectivity index (χ1n) is 20.0. The molecule has 2 unspecified atom stereocenters. The van der Waals surface area contributed by atoms with Crippen LogP contribution in [0.2, 0.25) is 0 Å². The van der Waals surface area contributed by atoms with Crippen molar-refractivity contribution >= 4 is 14.6 Å². The van der Waals surface area contributed by atoms with Crippen molar-refractivity contribution in [2.45, 2.75) is 192 Å². The maximum Gasteiger partial charge on any atom is 0.168 e. The lowest BCUT2D eigenvalue weighted by atomic mass is 9.84. The molecule has 45 heavy (non-hydrogen) atoms. The zero-order valence-electron chi connectivity index (χ0n) is 30.7. The average Bonchev–Trinajstić information content (AvgIpc) is 3.83. The van der Waals surface area contributed by atoms with Gasteiger partial charge >= 0.3 is 0 Å². The Morgan fingerprint density at radius 1 is 0.422 bits per heavy atom. The van der Waals surface area contributed by atoms with Gasteiger partial charge in [-0.15, -0.1) is 0 Å². The number of nitrogens with zero attached hydrogens (tertiary/aromatic N) is 5. The molecule has 0 aromatic carbocycles. The Morgan fingerprint density at radius 3 is 1.31 bits per heavy atom. The first-order chi connectivity index (χ1) is 21.5. The zero-order chi connectivity index (χ0) is 31.7. The van der Waals surface area contributed by atoms with Crippen LogP contribution in [0.1, 0.15) is 164 Å². The predicted octanol–water partition coefficient (Wildman–Crippen LogP) is 11.5. The van der Waals surface area contributed by atoms with E-state index >= 15 is 0 Å². The number of rotatable bonds is 7. The molecule has 0 amide bonds. The van der Waals surface area contributed by atoms with Crippen molar-refractivity contribution < 1.29 is 0 Å². The molecule has 3 saturated heterocycles. The molecule has 0 aromatic heterocycles. The van der Waals surface area contributed by atoms with E-state index < -0.39 is 14.6 Å². The summed E-state index contributed by atoms with van der Waals surface area (Å²) >= 11 is 0. The third-order valence-electron chi connectivity index (χ3n) is 12.7. The van der Waals surface area contributed by atoms with Gasteiger partial charge in [-0.25, -0.2) is 14.0 Å². The minimum atomic E-state index is -1.88. The topological polar surface area (TPSA) is 34.4 Å². The molecule has 260 valence electrons. The van der Waals surface area contributed by atoms with E-state index in [4.69, 9.17) is 9.49 Å². The van der Waals surface area contributed by atoms with Crippen molar-refractivity contribution in [3.05, 3.63) is 0 Å². The molecule has 5 nitrogen and oxygen atoms in total. The molecule has 3 aliphatic heterocycles. The van der Waals surface area contributed by atoms with E-state index in [2.05, 4.69) is 55.6 Å². The monoisotopic (exact) mass is 662 g/mol. The van der Waals surface area contributed by atoms with Crippen LogP contribution in [0, 0.1) is 11.8 Å². The Hall–Kier alpha value is 0.340. The van der Waals surface area contributed by atoms with Crippen LogP contribution in [0.3, 0.4) is 0 Å². The summed E-state index contributed by atoms with van der Waals surface area (Å²) < 4.78 is 21.0. The van der Waals surface area contributed by atoms with Crippen molar-refractivity contribution in [1.29, 1.82) is 0 Å². The van der Waals surface area contributed by atoms with E-state index in [0.717, 1.165) is 28.8 Å². The van der Waals surface area contributed by atoms with Gasteiger partial charge in [0.2, 0.25) is 0 Å². The Bertz CT molecular complexity index is 1010. The molecule has 6 rings (SSSR count). The molecule has 3 aliphatic carbocycles. The van der Waals surface area contributed by atoms with Crippen LogP contribution in [-0.4, -0.2) is 81.3 Å². The smallest absolute Gasteiger partial charge is 0.168 e. The van der Waals surface area contributed by atoms with Crippen LogP contribution in [-0.2, 0) is 0 Å². The van der Waals surface area contributed by atoms with Crippen LogP contribution in [0.15, 0.2) is 9.49 Å². The molecule has 0 radical (unpaired) electrons. The summed E-state index contributed by atoms with van der Waals surface area (Å²) in [6.07, 6.45) is 27.5. The summed E-state index contributed by atoms with van der Waals surface area (Å²) in [5, 5.41) is 0. The first-order valence-corrected chi connectivity index (χ1v) is 23.6. The highest BCUT2D eigenvalue weighted by molar-refractivity contribution is 7.68. The summed E-state index contributed by atoms with van der Waals surface area (Å²) in [4.78, 5) is 0. The summed E-state index contributed by atoms with van der Waals surface area (Å²) in [6, 6.07) is 0. The standard InChI is InChI=1S/C38H73N5P2/c1-37(2,3)39-44(34-17-9-10-18-34,35-19-11-12-20-35)36-22-21-33(31-36)32-23-29-43(30-24-32)45(40-38(4,5)6,41-25-13-7-14-26-41)42-27-15-8-16-28-42/h32-36H,7-31H2,1-6H3. The molecule has 6 aliphatic rings. The number of hydrogen-bond acceptors (Lipinski definition) is 2. The van der Waals surface area contributed by atoms with E-state index in [1.807, 2.05) is 0 Å². The molecule has 3 saturated carbocycles. The second kappa shape index (κ2) is 14.7. The Morgan fingerprint density at radius 2 is 0.867 bits per heavy atom. The molecule has 0 aromatic rings. The Kier molecular flexibility index (Phi) is 11.5. The fraction of sp³-hybridized carbons (Fsp3) is 1.00. The van der Waals surface area contributed by atoms with Gasteiger partial charge in [-0.05, 0) is 161 Å². The normalized spacial score (nSPS) is 30.4. The lowest BCUT2D eigenvalue weighted by Gasteiger charge is -2.54. The van der Waals surface area contributed by atoms with Crippen molar-refractivity contribution in [2.24, 2.45) is 21.3 Å². The quantitative estimate of drug-likeness (QED) is 0.255. The highest BCUT2D eigenvalue weighted by Gasteiger charge is 2.50. The van der Waals surface area contributed by atoms with Crippen LogP contribution >= 0.6 is 14.6 Å². The van der Waals surface area contributed by atoms with Gasteiger partial charge in [0, 0.05) is 39.3 Å². The van der Waals surface area contributed by atoms with Crippen LogP contribution in [0.25, 0.3) is 0 Å². The minimum absolute atomic E-state index is 0.00224. The van der Waals surface area contributed by atoms with E-state index in [0.29, 0.717) is 0 Å². The van der Waals surface area contributed by atoms with E-state index in [1.165, 1.54) is 161 Å². The fourth-order valence-corrected chi connectivity index (χ4v) is 22.7. The second-order valence-corrected chi connectivity index (χ2v) is 25.2. The van der Waals surface area contributed by atoms with Gasteiger partial charge in [0.05, 0.1) is 11.1 Å². The maximum absolute atomic E-state index is 6.13. The average molecular weight is 662 g/mol. The van der Waals surface area contributed by atoms with Gasteiger partial charge in [-0.1, -0.05) is 38.5 Å². The molecule has 0 N–H and O–H groups in total. The SMILES string of the molecule is CC(C)(C)N=P(C1CCCC1)(C1CCCC1)C1CCC(C2CCN(P(=NC(C)(C)C)(N3CCCCC3)N3CCCCC3)CC2)C1. The molecule has 3 heterocycles. The minimum Gasteiger partial charge on any atom is -0.297 e. The van der Waals surface area contributed by atoms with Gasteiger partial charge in [0.1, 0.15) is 0 Å². The fourth-order valence-electron chi connectivity index (χ4n) is 11.1. The molecule has 7 heteroatoms. The number of hydrogen-bond donors (Lipinski definition) is 0. The predicted molar refractivity (Wildman–Crippen MR) is 199 cm³/mol. The van der Waals surface area contributed by atoms with Crippen LogP contribution in [0.5, 0.6) is 0 Å². The highest BCUT2D eigenvalue weighted by atomic mass is 31.2. The molecule has 2 atom stereocenters. The largest absolute Gasteiger partial charge is 0.297 e. The summed E-state index contributed by atoms with van der Waals surface area (Å²) in [7, 11) is -3.23. The third kappa shape index (κ3) is 7.74. The molecular formula is C38H73N5P2. The van der Waals surface area contributed by atoms with Crippen molar-refractivity contribution in [2.75, 3.05) is 39.3 Å². The van der Waals surface area contributed by atoms with Crippen molar-refractivity contribution in [1.82, 2.24) is 14.0 Å². The molecule has 0 bridgehead atoms.